The van der Waals surface area contributed by atoms with Crippen molar-refractivity contribution in [3.63, 3.8) is 0 Å². The standard InChI is InChI=1S/C35H39ClF4N4O6/c1-33(2,3)50-32(47)42-18-30(45)44-34(4,5)21-15-26(19-7-11-25(37)24(36)13-19)43-27(16-21)23(35(38,39)40)17-41-31(46)20-8-12-28(29(14-20)48-6)49-22-9-10-22/h7-8,11-16,22-23H,9-10,17-18H2,1-6H3,(H,41,46)(H,42,47)(H,44,45). The molecule has 1 aliphatic rings. The Hall–Kier alpha value is -4.59. The monoisotopic (exact) mass is 722 g/mol. The van der Waals surface area contributed by atoms with E-state index in [9.17, 15) is 31.9 Å². The number of carbonyl (C=O) groups is 3. The van der Waals surface area contributed by atoms with Gasteiger partial charge in [-0.15, -0.1) is 0 Å². The highest BCUT2D eigenvalue weighted by Gasteiger charge is 2.43. The summed E-state index contributed by atoms with van der Waals surface area (Å²) in [6, 6.07) is 10.5. The van der Waals surface area contributed by atoms with Crippen molar-refractivity contribution < 1.29 is 46.2 Å². The van der Waals surface area contributed by atoms with Gasteiger partial charge in [0.05, 0.1) is 35.2 Å². The average molecular weight is 723 g/mol. The molecule has 0 spiro atoms. The Bertz CT molecular complexity index is 1740. The molecule has 1 fully saturated rings. The largest absolute Gasteiger partial charge is 0.493 e. The number of benzene rings is 2. The van der Waals surface area contributed by atoms with E-state index in [1.165, 1.54) is 49.6 Å². The zero-order chi connectivity index (χ0) is 37.0. The number of ether oxygens (including phenoxy) is 3. The van der Waals surface area contributed by atoms with Crippen LogP contribution in [-0.4, -0.2) is 61.0 Å². The van der Waals surface area contributed by atoms with E-state index in [4.69, 9.17) is 25.8 Å². The molecule has 0 radical (unpaired) electrons. The van der Waals surface area contributed by atoms with Crippen LogP contribution in [-0.2, 0) is 15.1 Å². The zero-order valence-electron chi connectivity index (χ0n) is 28.4. The first kappa shape index (κ1) is 38.2. The van der Waals surface area contributed by atoms with E-state index in [1.807, 2.05) is 0 Å². The molecule has 1 heterocycles. The van der Waals surface area contributed by atoms with Crippen molar-refractivity contribution in [2.45, 2.75) is 76.8 Å². The minimum Gasteiger partial charge on any atom is -0.493 e. The van der Waals surface area contributed by atoms with Gasteiger partial charge in [-0.3, -0.25) is 14.6 Å². The molecule has 3 aromatic rings. The number of hydrogen-bond acceptors (Lipinski definition) is 7. The quantitative estimate of drug-likeness (QED) is 0.171. The Morgan fingerprint density at radius 3 is 2.26 bits per heavy atom. The van der Waals surface area contributed by atoms with Crippen molar-refractivity contribution in [1.82, 2.24) is 20.9 Å². The van der Waals surface area contributed by atoms with E-state index in [2.05, 4.69) is 20.9 Å². The first-order chi connectivity index (χ1) is 23.3. The molecule has 3 amide bonds. The van der Waals surface area contributed by atoms with Gasteiger partial charge >= 0.3 is 12.3 Å². The predicted molar refractivity (Wildman–Crippen MR) is 178 cm³/mol. The van der Waals surface area contributed by atoms with Crippen molar-refractivity contribution in [1.29, 1.82) is 0 Å². The van der Waals surface area contributed by atoms with Crippen LogP contribution in [0.25, 0.3) is 11.3 Å². The molecule has 50 heavy (non-hydrogen) atoms. The van der Waals surface area contributed by atoms with Gasteiger partial charge in [0, 0.05) is 17.7 Å². The molecule has 2 aromatic carbocycles. The molecule has 1 aromatic heterocycles. The molecule has 1 unspecified atom stereocenters. The summed E-state index contributed by atoms with van der Waals surface area (Å²) in [5.74, 6) is -3.81. The molecular formula is C35H39ClF4N4O6. The molecule has 270 valence electrons. The minimum absolute atomic E-state index is 0.00479. The highest BCUT2D eigenvalue weighted by Crippen LogP contribution is 2.38. The Labute approximate surface area is 292 Å². The fourth-order valence-corrected chi connectivity index (χ4v) is 4.96. The molecule has 4 rings (SSSR count). The Morgan fingerprint density at radius 2 is 1.66 bits per heavy atom. The number of methoxy groups -OCH3 is 1. The second kappa shape index (κ2) is 15.1. The van der Waals surface area contributed by atoms with E-state index >= 15 is 0 Å². The summed E-state index contributed by atoms with van der Waals surface area (Å²) in [6.07, 6.45) is -3.87. The first-order valence-electron chi connectivity index (χ1n) is 15.7. The summed E-state index contributed by atoms with van der Waals surface area (Å²) < 4.78 is 74.4. The number of rotatable bonds is 12. The van der Waals surface area contributed by atoms with E-state index in [-0.39, 0.29) is 39.3 Å². The number of aromatic nitrogens is 1. The summed E-state index contributed by atoms with van der Waals surface area (Å²) in [5.41, 5.74) is -2.14. The number of hydrogen-bond donors (Lipinski definition) is 3. The molecule has 3 N–H and O–H groups in total. The van der Waals surface area contributed by atoms with Crippen LogP contribution in [0.2, 0.25) is 5.02 Å². The van der Waals surface area contributed by atoms with Gasteiger partial charge in [0.15, 0.2) is 11.5 Å². The molecule has 15 heteroatoms. The lowest BCUT2D eigenvalue weighted by Gasteiger charge is -2.29. The third kappa shape index (κ3) is 10.5. The minimum atomic E-state index is -4.89. The third-order valence-corrected chi connectivity index (χ3v) is 7.78. The number of carbonyl (C=O) groups excluding carboxylic acids is 3. The number of nitrogens with zero attached hydrogens (tertiary/aromatic N) is 1. The highest BCUT2D eigenvalue weighted by molar-refractivity contribution is 6.31. The number of nitrogens with one attached hydrogen (secondary N) is 3. The maximum Gasteiger partial charge on any atom is 0.408 e. The molecule has 1 atom stereocenters. The van der Waals surface area contributed by atoms with Crippen molar-refractivity contribution in [2.24, 2.45) is 0 Å². The van der Waals surface area contributed by atoms with E-state index in [1.54, 1.807) is 34.6 Å². The summed E-state index contributed by atoms with van der Waals surface area (Å²) in [7, 11) is 1.39. The molecule has 10 nitrogen and oxygen atoms in total. The second-order valence-electron chi connectivity index (χ2n) is 13.3. The SMILES string of the molecule is COc1cc(C(=O)NCC(c2cc(C(C)(C)NC(=O)CNC(=O)OC(C)(C)C)cc(-c3ccc(F)c(Cl)c3)n2)C(F)(F)F)ccc1OC1CC1. The molecule has 1 saturated carbocycles. The smallest absolute Gasteiger partial charge is 0.408 e. The molecule has 0 saturated heterocycles. The maximum absolute atomic E-state index is 14.7. The molecular weight excluding hydrogens is 684 g/mol. The number of pyridine rings is 1. The van der Waals surface area contributed by atoms with Crippen molar-refractivity contribution in [3.05, 3.63) is 76.2 Å². The summed E-state index contributed by atoms with van der Waals surface area (Å²) in [5, 5.41) is 7.11. The van der Waals surface area contributed by atoms with Gasteiger partial charge in [0.1, 0.15) is 23.9 Å². The van der Waals surface area contributed by atoms with Crippen molar-refractivity contribution in [3.8, 4) is 22.8 Å². The maximum atomic E-state index is 14.7. The van der Waals surface area contributed by atoms with Crippen molar-refractivity contribution >= 4 is 29.5 Å². The predicted octanol–water partition coefficient (Wildman–Crippen LogP) is 7.04. The molecule has 0 aliphatic heterocycles. The fraction of sp³-hybridized carbons (Fsp3) is 0.429. The number of alkyl halides is 3. The van der Waals surface area contributed by atoms with Gasteiger partial charge in [0.25, 0.3) is 5.91 Å². The zero-order valence-corrected chi connectivity index (χ0v) is 29.1. The molecule has 1 aliphatic carbocycles. The summed E-state index contributed by atoms with van der Waals surface area (Å²) >= 11 is 5.99. The van der Waals surface area contributed by atoms with Crippen LogP contribution in [0.5, 0.6) is 11.5 Å². The number of alkyl carbamates (subject to hydrolysis) is 1. The van der Waals surface area contributed by atoms with E-state index < -0.39 is 65.7 Å². The lowest BCUT2D eigenvalue weighted by molar-refractivity contribution is -0.149. The Balaban J connectivity index is 1.64. The first-order valence-corrected chi connectivity index (χ1v) is 16.1. The fourth-order valence-electron chi connectivity index (χ4n) is 4.78. The molecule has 0 bridgehead atoms. The van der Waals surface area contributed by atoms with Crippen LogP contribution in [0, 0.1) is 5.82 Å². The topological polar surface area (TPSA) is 128 Å². The average Bonchev–Trinajstić information content (AvgIpc) is 3.84. The van der Waals surface area contributed by atoms with Crippen LogP contribution in [0.15, 0.2) is 48.5 Å². The van der Waals surface area contributed by atoms with Gasteiger partial charge in [-0.25, -0.2) is 9.18 Å². The van der Waals surface area contributed by atoms with Gasteiger partial charge in [-0.1, -0.05) is 11.6 Å². The lowest BCUT2D eigenvalue weighted by Crippen LogP contribution is -2.46. The highest BCUT2D eigenvalue weighted by atomic mass is 35.5. The van der Waals surface area contributed by atoms with Gasteiger partial charge < -0.3 is 30.2 Å². The van der Waals surface area contributed by atoms with Crippen LogP contribution < -0.4 is 25.4 Å². The third-order valence-electron chi connectivity index (χ3n) is 7.49. The van der Waals surface area contributed by atoms with Crippen LogP contribution in [0.1, 0.15) is 75.0 Å². The van der Waals surface area contributed by atoms with Gasteiger partial charge in [-0.2, -0.15) is 13.2 Å². The number of halogens is 5. The van der Waals surface area contributed by atoms with E-state index in [0.717, 1.165) is 18.9 Å². The lowest BCUT2D eigenvalue weighted by atomic mass is 9.90. The van der Waals surface area contributed by atoms with Crippen LogP contribution >= 0.6 is 11.6 Å². The van der Waals surface area contributed by atoms with E-state index in [0.29, 0.717) is 5.75 Å². The normalized spacial score (nSPS) is 14.0. The van der Waals surface area contributed by atoms with Crippen LogP contribution in [0.3, 0.4) is 0 Å². The Kier molecular flexibility index (Phi) is 11.6. The van der Waals surface area contributed by atoms with Crippen molar-refractivity contribution in [2.75, 3.05) is 20.2 Å². The second-order valence-corrected chi connectivity index (χ2v) is 13.7. The Morgan fingerprint density at radius 1 is 0.960 bits per heavy atom. The van der Waals surface area contributed by atoms with Crippen LogP contribution in [0.4, 0.5) is 22.4 Å². The van der Waals surface area contributed by atoms with Gasteiger partial charge in [0.2, 0.25) is 5.91 Å². The summed E-state index contributed by atoms with van der Waals surface area (Å²) in [6.45, 7) is 6.69. The summed E-state index contributed by atoms with van der Waals surface area (Å²) in [4.78, 5) is 42.3. The van der Waals surface area contributed by atoms with Gasteiger partial charge in [-0.05, 0) is 102 Å². The number of amides is 3.